The van der Waals surface area contributed by atoms with Crippen LogP contribution in [0.1, 0.15) is 27.4 Å². The van der Waals surface area contributed by atoms with Gasteiger partial charge < -0.3 is 9.26 Å². The molecule has 1 aromatic heterocycles. The van der Waals surface area contributed by atoms with Crippen molar-refractivity contribution in [1.82, 2.24) is 5.16 Å². The standard InChI is InChI=1S/C13H12ClNO3/c1-8-11(9(2)18-15-8)7-17-13-4-3-10(6-16)5-12(13)14/h3-6H,7H2,1-2H3. The number of carbonyl (C=O) groups is 1. The molecular formula is C13H12ClNO3. The third-order valence-corrected chi connectivity index (χ3v) is 2.94. The van der Waals surface area contributed by atoms with Crippen molar-refractivity contribution >= 4 is 17.9 Å². The van der Waals surface area contributed by atoms with Gasteiger partial charge in [-0.3, -0.25) is 4.79 Å². The van der Waals surface area contributed by atoms with E-state index in [1.165, 1.54) is 0 Å². The Bertz CT molecular complexity index is 558. The number of aromatic nitrogens is 1. The molecule has 0 spiro atoms. The Hall–Kier alpha value is -1.81. The second-order valence-electron chi connectivity index (χ2n) is 3.90. The maximum Gasteiger partial charge on any atom is 0.150 e. The van der Waals surface area contributed by atoms with E-state index in [4.69, 9.17) is 20.9 Å². The molecule has 0 aliphatic rings. The highest BCUT2D eigenvalue weighted by Gasteiger charge is 2.10. The first-order chi connectivity index (χ1) is 8.61. The van der Waals surface area contributed by atoms with Gasteiger partial charge in [-0.05, 0) is 32.0 Å². The number of carbonyl (C=O) groups excluding carboxylic acids is 1. The molecule has 0 radical (unpaired) electrons. The molecule has 18 heavy (non-hydrogen) atoms. The lowest BCUT2D eigenvalue weighted by Gasteiger charge is -2.07. The molecule has 0 aliphatic heterocycles. The molecule has 0 aliphatic carbocycles. The first-order valence-electron chi connectivity index (χ1n) is 5.41. The summed E-state index contributed by atoms with van der Waals surface area (Å²) in [6.07, 6.45) is 0.740. The van der Waals surface area contributed by atoms with E-state index in [0.717, 1.165) is 23.3 Å². The minimum atomic E-state index is 0.335. The zero-order valence-electron chi connectivity index (χ0n) is 10.1. The molecule has 0 unspecified atom stereocenters. The number of aldehydes is 1. The number of ether oxygens (including phenoxy) is 1. The predicted octanol–water partition coefficient (Wildman–Crippen LogP) is 3.34. The van der Waals surface area contributed by atoms with Gasteiger partial charge >= 0.3 is 0 Å². The lowest BCUT2D eigenvalue weighted by atomic mass is 10.2. The molecule has 1 aromatic carbocycles. The molecule has 0 bridgehead atoms. The van der Waals surface area contributed by atoms with Crippen LogP contribution >= 0.6 is 11.6 Å². The van der Waals surface area contributed by atoms with Gasteiger partial charge in [0.2, 0.25) is 0 Å². The van der Waals surface area contributed by atoms with E-state index < -0.39 is 0 Å². The van der Waals surface area contributed by atoms with E-state index >= 15 is 0 Å². The van der Waals surface area contributed by atoms with E-state index in [9.17, 15) is 4.79 Å². The first-order valence-corrected chi connectivity index (χ1v) is 5.79. The number of rotatable bonds is 4. The zero-order chi connectivity index (χ0) is 13.1. The molecule has 0 saturated heterocycles. The number of hydrogen-bond acceptors (Lipinski definition) is 4. The van der Waals surface area contributed by atoms with Gasteiger partial charge in [-0.25, -0.2) is 0 Å². The smallest absolute Gasteiger partial charge is 0.150 e. The highest BCUT2D eigenvalue weighted by atomic mass is 35.5. The van der Waals surface area contributed by atoms with Crippen molar-refractivity contribution in [2.75, 3.05) is 0 Å². The van der Waals surface area contributed by atoms with Crippen LogP contribution in [0.3, 0.4) is 0 Å². The maximum atomic E-state index is 10.6. The Morgan fingerprint density at radius 2 is 2.22 bits per heavy atom. The van der Waals surface area contributed by atoms with Crippen LogP contribution in [0.4, 0.5) is 0 Å². The monoisotopic (exact) mass is 265 g/mol. The minimum absolute atomic E-state index is 0.335. The lowest BCUT2D eigenvalue weighted by molar-refractivity contribution is 0.112. The minimum Gasteiger partial charge on any atom is -0.487 e. The second kappa shape index (κ2) is 5.23. The molecule has 5 heteroatoms. The molecule has 2 aromatic rings. The number of nitrogens with zero attached hydrogens (tertiary/aromatic N) is 1. The summed E-state index contributed by atoms with van der Waals surface area (Å²) < 4.78 is 10.6. The second-order valence-corrected chi connectivity index (χ2v) is 4.31. The van der Waals surface area contributed by atoms with Crippen LogP contribution in [0.5, 0.6) is 5.75 Å². The van der Waals surface area contributed by atoms with Crippen molar-refractivity contribution in [3.63, 3.8) is 0 Å². The van der Waals surface area contributed by atoms with Gasteiger partial charge in [0.15, 0.2) is 0 Å². The van der Waals surface area contributed by atoms with Gasteiger partial charge in [-0.1, -0.05) is 16.8 Å². The topological polar surface area (TPSA) is 52.3 Å². The van der Waals surface area contributed by atoms with Gasteiger partial charge in [0, 0.05) is 5.56 Å². The van der Waals surface area contributed by atoms with Gasteiger partial charge in [-0.15, -0.1) is 0 Å². The van der Waals surface area contributed by atoms with Crippen molar-refractivity contribution in [3.05, 3.63) is 45.8 Å². The normalized spacial score (nSPS) is 10.4. The first kappa shape index (κ1) is 12.6. The average Bonchev–Trinajstić information content (AvgIpc) is 2.68. The molecule has 94 valence electrons. The van der Waals surface area contributed by atoms with Crippen LogP contribution in [-0.2, 0) is 6.61 Å². The van der Waals surface area contributed by atoms with Crippen molar-refractivity contribution in [3.8, 4) is 5.75 Å². The van der Waals surface area contributed by atoms with E-state index in [1.807, 2.05) is 13.8 Å². The highest BCUT2D eigenvalue weighted by Crippen LogP contribution is 2.26. The van der Waals surface area contributed by atoms with E-state index in [1.54, 1.807) is 18.2 Å². The van der Waals surface area contributed by atoms with Gasteiger partial charge in [-0.2, -0.15) is 0 Å². The van der Waals surface area contributed by atoms with Crippen LogP contribution in [-0.4, -0.2) is 11.4 Å². The zero-order valence-corrected chi connectivity index (χ0v) is 10.8. The maximum absolute atomic E-state index is 10.6. The Labute approximate surface area is 109 Å². The molecular weight excluding hydrogens is 254 g/mol. The van der Waals surface area contributed by atoms with Crippen molar-refractivity contribution in [2.45, 2.75) is 20.5 Å². The fraction of sp³-hybridized carbons (Fsp3) is 0.231. The molecule has 0 amide bonds. The summed E-state index contributed by atoms with van der Waals surface area (Å²) >= 11 is 6.00. The number of benzene rings is 1. The van der Waals surface area contributed by atoms with Crippen molar-refractivity contribution in [2.24, 2.45) is 0 Å². The van der Waals surface area contributed by atoms with Crippen molar-refractivity contribution in [1.29, 1.82) is 0 Å². The third-order valence-electron chi connectivity index (χ3n) is 2.65. The average molecular weight is 266 g/mol. The summed E-state index contributed by atoms with van der Waals surface area (Å²) in [6, 6.07) is 4.89. The third kappa shape index (κ3) is 2.54. The van der Waals surface area contributed by atoms with Crippen LogP contribution in [0.15, 0.2) is 22.7 Å². The molecule has 0 fully saturated rings. The molecule has 0 N–H and O–H groups in total. The van der Waals surface area contributed by atoms with Crippen LogP contribution < -0.4 is 4.74 Å². The van der Waals surface area contributed by atoms with Gasteiger partial charge in [0.05, 0.1) is 16.3 Å². The summed E-state index contributed by atoms with van der Waals surface area (Å²) in [7, 11) is 0. The molecule has 0 atom stereocenters. The van der Waals surface area contributed by atoms with Gasteiger partial charge in [0.1, 0.15) is 24.4 Å². The SMILES string of the molecule is Cc1noc(C)c1COc1ccc(C=O)cc1Cl. The summed E-state index contributed by atoms with van der Waals surface area (Å²) in [5.74, 6) is 1.26. The van der Waals surface area contributed by atoms with Crippen molar-refractivity contribution < 1.29 is 14.1 Å². The van der Waals surface area contributed by atoms with Gasteiger partial charge in [0.25, 0.3) is 0 Å². The molecule has 1 heterocycles. The predicted molar refractivity (Wildman–Crippen MR) is 67.1 cm³/mol. The summed E-state index contributed by atoms with van der Waals surface area (Å²) in [4.78, 5) is 10.6. The summed E-state index contributed by atoms with van der Waals surface area (Å²) in [6.45, 7) is 4.02. The number of aryl methyl sites for hydroxylation is 2. The van der Waals surface area contributed by atoms with E-state index in [0.29, 0.717) is 22.9 Å². The lowest BCUT2D eigenvalue weighted by Crippen LogP contribution is -1.98. The Kier molecular flexibility index (Phi) is 3.67. The molecule has 2 rings (SSSR count). The quantitative estimate of drug-likeness (QED) is 0.796. The fourth-order valence-electron chi connectivity index (χ4n) is 1.57. The molecule has 4 nitrogen and oxygen atoms in total. The highest BCUT2D eigenvalue weighted by molar-refractivity contribution is 6.32. The van der Waals surface area contributed by atoms with Crippen LogP contribution in [0.25, 0.3) is 0 Å². The number of halogens is 1. The summed E-state index contributed by atoms with van der Waals surface area (Å²) in [5, 5.41) is 4.25. The van der Waals surface area contributed by atoms with E-state index in [-0.39, 0.29) is 0 Å². The fourth-order valence-corrected chi connectivity index (χ4v) is 1.81. The van der Waals surface area contributed by atoms with Crippen LogP contribution in [0.2, 0.25) is 5.02 Å². The molecule has 0 saturated carbocycles. The Balaban J connectivity index is 2.13. The van der Waals surface area contributed by atoms with Crippen LogP contribution in [0, 0.1) is 13.8 Å². The largest absolute Gasteiger partial charge is 0.487 e. The Morgan fingerprint density at radius 1 is 1.44 bits per heavy atom. The Morgan fingerprint density at radius 3 is 2.78 bits per heavy atom. The van der Waals surface area contributed by atoms with E-state index in [2.05, 4.69) is 5.16 Å². The summed E-state index contributed by atoms with van der Waals surface area (Å²) in [5.41, 5.74) is 2.23. The number of hydrogen-bond donors (Lipinski definition) is 0.